The van der Waals surface area contributed by atoms with Crippen LogP contribution in [0.4, 0.5) is 0 Å². The van der Waals surface area contributed by atoms with Gasteiger partial charge >= 0.3 is 0 Å². The van der Waals surface area contributed by atoms with Gasteiger partial charge in [0.05, 0.1) is 0 Å². The molecule has 1 aliphatic heterocycles. The summed E-state index contributed by atoms with van der Waals surface area (Å²) in [5, 5.41) is 0. The number of nitrogens with zero attached hydrogens (tertiary/aromatic N) is 1. The Hall–Kier alpha value is -0.0400. The summed E-state index contributed by atoms with van der Waals surface area (Å²) in [7, 11) is 2.30. The van der Waals surface area contributed by atoms with Crippen molar-refractivity contribution in [2.75, 3.05) is 7.05 Å². The molecule has 0 amide bonds. The monoisotopic (exact) mass is 139 g/mol. The zero-order valence-corrected chi connectivity index (χ0v) is 7.01. The molecule has 58 valence electrons. The van der Waals surface area contributed by atoms with Gasteiger partial charge < -0.3 is 4.90 Å². The van der Waals surface area contributed by atoms with E-state index in [4.69, 9.17) is 0 Å². The van der Waals surface area contributed by atoms with Crippen molar-refractivity contribution in [3.63, 3.8) is 0 Å². The number of hydrogen-bond acceptors (Lipinski definition) is 1. The van der Waals surface area contributed by atoms with E-state index < -0.39 is 0 Å². The Morgan fingerprint density at radius 3 is 2.60 bits per heavy atom. The maximum atomic E-state index is 2.61. The molecular weight excluding hydrogens is 122 g/mol. The van der Waals surface area contributed by atoms with E-state index >= 15 is 0 Å². The van der Waals surface area contributed by atoms with Gasteiger partial charge in [-0.15, -0.1) is 0 Å². The van der Waals surface area contributed by atoms with Gasteiger partial charge in [-0.25, -0.2) is 0 Å². The third-order valence-electron chi connectivity index (χ3n) is 3.51. The molecule has 1 heterocycles. The standard InChI is InChI=1S/C9H17N/c1-3-9-7-4-5-8(6-7)10(9)2/h7-9H,3-6H2,1-2H3/t7?,8?,9-/m0/s1. The molecular formula is C9H17N. The van der Waals surface area contributed by atoms with E-state index in [0.717, 1.165) is 18.0 Å². The van der Waals surface area contributed by atoms with Crippen molar-refractivity contribution in [2.24, 2.45) is 5.92 Å². The molecule has 1 saturated heterocycles. The summed E-state index contributed by atoms with van der Waals surface area (Å²) in [6.45, 7) is 2.32. The van der Waals surface area contributed by atoms with Crippen molar-refractivity contribution in [3.8, 4) is 0 Å². The first-order valence-electron chi connectivity index (χ1n) is 4.55. The van der Waals surface area contributed by atoms with Crippen LogP contribution in [-0.2, 0) is 0 Å². The van der Waals surface area contributed by atoms with Crippen LogP contribution in [0.2, 0.25) is 0 Å². The van der Waals surface area contributed by atoms with E-state index in [2.05, 4.69) is 18.9 Å². The van der Waals surface area contributed by atoms with Crippen molar-refractivity contribution in [1.82, 2.24) is 4.90 Å². The molecule has 2 bridgehead atoms. The number of rotatable bonds is 1. The second-order valence-corrected chi connectivity index (χ2v) is 3.87. The van der Waals surface area contributed by atoms with Crippen molar-refractivity contribution < 1.29 is 0 Å². The fourth-order valence-corrected chi connectivity index (χ4v) is 2.94. The molecule has 0 aromatic carbocycles. The second-order valence-electron chi connectivity index (χ2n) is 3.87. The van der Waals surface area contributed by atoms with Crippen molar-refractivity contribution >= 4 is 0 Å². The molecule has 0 spiro atoms. The molecule has 0 N–H and O–H groups in total. The summed E-state index contributed by atoms with van der Waals surface area (Å²) in [6.07, 6.45) is 5.83. The molecule has 1 aliphatic carbocycles. The van der Waals surface area contributed by atoms with Crippen LogP contribution in [0.25, 0.3) is 0 Å². The molecule has 2 aliphatic rings. The average molecular weight is 139 g/mol. The first kappa shape index (κ1) is 6.66. The van der Waals surface area contributed by atoms with Gasteiger partial charge in [0.2, 0.25) is 0 Å². The summed E-state index contributed by atoms with van der Waals surface area (Å²) >= 11 is 0. The van der Waals surface area contributed by atoms with Crippen molar-refractivity contribution in [3.05, 3.63) is 0 Å². The topological polar surface area (TPSA) is 3.24 Å². The fourth-order valence-electron chi connectivity index (χ4n) is 2.94. The highest BCUT2D eigenvalue weighted by Gasteiger charge is 2.42. The van der Waals surface area contributed by atoms with Crippen LogP contribution in [0.3, 0.4) is 0 Å². The molecule has 0 radical (unpaired) electrons. The maximum Gasteiger partial charge on any atom is 0.0121 e. The van der Waals surface area contributed by atoms with Gasteiger partial charge in [0.1, 0.15) is 0 Å². The van der Waals surface area contributed by atoms with Crippen LogP contribution in [-0.4, -0.2) is 24.0 Å². The smallest absolute Gasteiger partial charge is 0.0121 e. The molecule has 3 atom stereocenters. The fraction of sp³-hybridized carbons (Fsp3) is 1.00. The van der Waals surface area contributed by atoms with Crippen LogP contribution in [0.15, 0.2) is 0 Å². The molecule has 1 heteroatoms. The SMILES string of the molecule is CC[C@H]1C2CCC(C2)N1C. The quantitative estimate of drug-likeness (QED) is 0.536. The van der Waals surface area contributed by atoms with Gasteiger partial charge in [0.25, 0.3) is 0 Å². The zero-order chi connectivity index (χ0) is 7.14. The Balaban J connectivity index is 2.10. The molecule has 0 aromatic heterocycles. The largest absolute Gasteiger partial charge is 0.300 e. The molecule has 10 heavy (non-hydrogen) atoms. The first-order chi connectivity index (χ1) is 4.83. The van der Waals surface area contributed by atoms with E-state index in [1.165, 1.54) is 25.7 Å². The number of fused-ring (bicyclic) bond motifs is 2. The van der Waals surface area contributed by atoms with Gasteiger partial charge in [-0.2, -0.15) is 0 Å². The lowest BCUT2D eigenvalue weighted by molar-refractivity contribution is 0.171. The molecule has 0 aromatic rings. The minimum Gasteiger partial charge on any atom is -0.300 e. The third-order valence-corrected chi connectivity index (χ3v) is 3.51. The maximum absolute atomic E-state index is 2.61. The van der Waals surface area contributed by atoms with Crippen LogP contribution in [0.5, 0.6) is 0 Å². The van der Waals surface area contributed by atoms with E-state index in [1.54, 1.807) is 0 Å². The Kier molecular flexibility index (Phi) is 1.48. The Bertz CT molecular complexity index is 131. The zero-order valence-electron chi connectivity index (χ0n) is 7.01. The predicted octanol–water partition coefficient (Wildman–Crippen LogP) is 1.88. The first-order valence-corrected chi connectivity index (χ1v) is 4.55. The minimum absolute atomic E-state index is 0.929. The van der Waals surface area contributed by atoms with Gasteiger partial charge in [-0.05, 0) is 38.6 Å². The molecule has 2 unspecified atom stereocenters. The average Bonchev–Trinajstić information content (AvgIpc) is 2.46. The highest BCUT2D eigenvalue weighted by atomic mass is 15.2. The molecule has 1 saturated carbocycles. The van der Waals surface area contributed by atoms with Gasteiger partial charge in [-0.1, -0.05) is 6.92 Å². The summed E-state index contributed by atoms with van der Waals surface area (Å²) in [5.41, 5.74) is 0. The lowest BCUT2D eigenvalue weighted by Gasteiger charge is -2.30. The van der Waals surface area contributed by atoms with E-state index in [1.807, 2.05) is 0 Å². The van der Waals surface area contributed by atoms with E-state index in [-0.39, 0.29) is 0 Å². The van der Waals surface area contributed by atoms with Gasteiger partial charge in [0, 0.05) is 12.1 Å². The summed E-state index contributed by atoms with van der Waals surface area (Å²) in [6, 6.07) is 1.88. The van der Waals surface area contributed by atoms with Crippen LogP contribution < -0.4 is 0 Å². The Morgan fingerprint density at radius 2 is 2.20 bits per heavy atom. The van der Waals surface area contributed by atoms with Crippen LogP contribution in [0.1, 0.15) is 32.6 Å². The van der Waals surface area contributed by atoms with Gasteiger partial charge in [0.15, 0.2) is 0 Å². The van der Waals surface area contributed by atoms with E-state index in [0.29, 0.717) is 0 Å². The number of likely N-dealkylation sites (tertiary alicyclic amines) is 1. The highest BCUT2D eigenvalue weighted by Crippen LogP contribution is 2.42. The Morgan fingerprint density at radius 1 is 1.40 bits per heavy atom. The third kappa shape index (κ3) is 0.731. The minimum atomic E-state index is 0.929. The summed E-state index contributed by atoms with van der Waals surface area (Å²) < 4.78 is 0. The normalized spacial score (nSPS) is 46.8. The highest BCUT2D eigenvalue weighted by molar-refractivity contribution is 4.97. The Labute approximate surface area is 63.4 Å². The van der Waals surface area contributed by atoms with E-state index in [9.17, 15) is 0 Å². The van der Waals surface area contributed by atoms with Crippen LogP contribution >= 0.6 is 0 Å². The molecule has 1 nitrogen and oxygen atoms in total. The predicted molar refractivity (Wildman–Crippen MR) is 43.0 cm³/mol. The molecule has 2 fully saturated rings. The lowest BCUT2D eigenvalue weighted by atomic mass is 9.97. The molecule has 2 rings (SSSR count). The summed E-state index contributed by atoms with van der Waals surface area (Å²) in [5.74, 6) is 1.06. The lowest BCUT2D eigenvalue weighted by Crippen LogP contribution is -2.36. The van der Waals surface area contributed by atoms with Crippen molar-refractivity contribution in [2.45, 2.75) is 44.7 Å². The summed E-state index contributed by atoms with van der Waals surface area (Å²) in [4.78, 5) is 2.61. The second kappa shape index (κ2) is 2.23. The number of hydrogen-bond donors (Lipinski definition) is 0. The van der Waals surface area contributed by atoms with Crippen LogP contribution in [0, 0.1) is 5.92 Å². The number of piperidine rings is 1. The van der Waals surface area contributed by atoms with Gasteiger partial charge in [-0.3, -0.25) is 0 Å². The van der Waals surface area contributed by atoms with Crippen molar-refractivity contribution in [1.29, 1.82) is 0 Å².